The Hall–Kier alpha value is -2.79. The van der Waals surface area contributed by atoms with E-state index in [2.05, 4.69) is 20.2 Å². The summed E-state index contributed by atoms with van der Waals surface area (Å²) in [7, 11) is -3.60. The Balaban J connectivity index is 1.36. The number of piperidine rings is 1. The summed E-state index contributed by atoms with van der Waals surface area (Å²) < 4.78 is 40.1. The van der Waals surface area contributed by atoms with Crippen LogP contribution in [0.3, 0.4) is 0 Å². The second-order valence-corrected chi connectivity index (χ2v) is 9.74. The highest BCUT2D eigenvalue weighted by Gasteiger charge is 2.33. The standard InChI is InChI=1S/C20H26N6O4S/c1-13-9-14(2)26(23-13)18-10-19(22-12-21-18)29-11-17-5-7-25(8-6-17)31(27,28)20-15(3)24-30-16(20)4/h9-10,12,17H,5-8,11H2,1-4H3. The van der Waals surface area contributed by atoms with Gasteiger partial charge in [0.25, 0.3) is 0 Å². The zero-order chi connectivity index (χ0) is 22.2. The lowest BCUT2D eigenvalue weighted by molar-refractivity contribution is 0.180. The fraction of sp³-hybridized carbons (Fsp3) is 0.500. The normalized spacial score (nSPS) is 16.0. The van der Waals surface area contributed by atoms with E-state index in [0.29, 0.717) is 55.7 Å². The molecule has 0 radical (unpaired) electrons. The highest BCUT2D eigenvalue weighted by molar-refractivity contribution is 7.89. The van der Waals surface area contributed by atoms with Gasteiger partial charge in [0.05, 0.1) is 12.3 Å². The molecule has 0 N–H and O–H groups in total. The van der Waals surface area contributed by atoms with E-state index in [-0.39, 0.29) is 10.8 Å². The lowest BCUT2D eigenvalue weighted by Gasteiger charge is -2.30. The van der Waals surface area contributed by atoms with Crippen LogP contribution in [-0.4, -0.2) is 57.3 Å². The molecule has 1 aliphatic heterocycles. The highest BCUT2D eigenvalue weighted by atomic mass is 32.2. The van der Waals surface area contributed by atoms with Gasteiger partial charge in [-0.3, -0.25) is 0 Å². The number of ether oxygens (including phenoxy) is 1. The SMILES string of the molecule is Cc1cc(C)n(-c2cc(OCC3CCN(S(=O)(=O)c4c(C)noc4C)CC3)ncn2)n1. The molecule has 1 fully saturated rings. The molecule has 1 aliphatic rings. The molecular weight excluding hydrogens is 420 g/mol. The molecule has 0 saturated carbocycles. The Kier molecular flexibility index (Phi) is 5.80. The predicted octanol–water partition coefficient (Wildman–Crippen LogP) is 2.36. The molecule has 0 bridgehead atoms. The van der Waals surface area contributed by atoms with Crippen molar-refractivity contribution in [3.63, 3.8) is 0 Å². The van der Waals surface area contributed by atoms with Crippen molar-refractivity contribution in [3.8, 4) is 11.7 Å². The van der Waals surface area contributed by atoms with Gasteiger partial charge >= 0.3 is 0 Å². The molecule has 10 nitrogen and oxygen atoms in total. The first kappa shape index (κ1) is 21.4. The van der Waals surface area contributed by atoms with Crippen molar-refractivity contribution in [2.45, 2.75) is 45.4 Å². The molecule has 0 aromatic carbocycles. The van der Waals surface area contributed by atoms with Crippen molar-refractivity contribution in [2.24, 2.45) is 5.92 Å². The number of rotatable bonds is 6. The molecule has 4 rings (SSSR count). The number of sulfonamides is 1. The van der Waals surface area contributed by atoms with Crippen LogP contribution in [0.25, 0.3) is 5.82 Å². The first-order chi connectivity index (χ1) is 14.8. The quantitative estimate of drug-likeness (QED) is 0.567. The van der Waals surface area contributed by atoms with Crippen molar-refractivity contribution in [3.05, 3.63) is 41.3 Å². The molecule has 3 aromatic rings. The second kappa shape index (κ2) is 8.39. The van der Waals surface area contributed by atoms with E-state index < -0.39 is 10.0 Å². The fourth-order valence-corrected chi connectivity index (χ4v) is 5.64. The Labute approximate surface area is 181 Å². The summed E-state index contributed by atoms with van der Waals surface area (Å²) in [4.78, 5) is 8.65. The summed E-state index contributed by atoms with van der Waals surface area (Å²) in [6.45, 7) is 8.49. The Morgan fingerprint density at radius 3 is 2.48 bits per heavy atom. The molecule has 1 saturated heterocycles. The number of aryl methyl sites for hydroxylation is 4. The average Bonchev–Trinajstić information content (AvgIpc) is 3.27. The molecule has 0 amide bonds. The minimum atomic E-state index is -3.60. The molecule has 4 heterocycles. The summed E-state index contributed by atoms with van der Waals surface area (Å²) >= 11 is 0. The van der Waals surface area contributed by atoms with Crippen molar-refractivity contribution >= 4 is 10.0 Å². The van der Waals surface area contributed by atoms with E-state index in [1.807, 2.05) is 19.9 Å². The molecule has 0 spiro atoms. The van der Waals surface area contributed by atoms with Crippen molar-refractivity contribution in [1.82, 2.24) is 29.2 Å². The average molecular weight is 447 g/mol. The van der Waals surface area contributed by atoms with Crippen LogP contribution in [0.15, 0.2) is 27.9 Å². The highest BCUT2D eigenvalue weighted by Crippen LogP contribution is 2.28. The zero-order valence-corrected chi connectivity index (χ0v) is 18.9. The van der Waals surface area contributed by atoms with Gasteiger partial charge in [-0.05, 0) is 52.5 Å². The lowest BCUT2D eigenvalue weighted by Crippen LogP contribution is -2.40. The topological polar surface area (TPSA) is 116 Å². The van der Waals surface area contributed by atoms with Crippen LogP contribution >= 0.6 is 0 Å². The number of hydrogen-bond donors (Lipinski definition) is 0. The van der Waals surface area contributed by atoms with Gasteiger partial charge < -0.3 is 9.26 Å². The maximum atomic E-state index is 12.9. The predicted molar refractivity (Wildman–Crippen MR) is 112 cm³/mol. The molecule has 31 heavy (non-hydrogen) atoms. The number of nitrogens with zero attached hydrogens (tertiary/aromatic N) is 6. The Morgan fingerprint density at radius 1 is 1.13 bits per heavy atom. The summed E-state index contributed by atoms with van der Waals surface area (Å²) in [5.74, 6) is 1.69. The van der Waals surface area contributed by atoms with Gasteiger partial charge in [-0.25, -0.2) is 23.1 Å². The third-order valence-corrected chi connectivity index (χ3v) is 7.60. The van der Waals surface area contributed by atoms with Crippen LogP contribution < -0.4 is 4.74 Å². The minimum Gasteiger partial charge on any atom is -0.477 e. The molecule has 3 aromatic heterocycles. The van der Waals surface area contributed by atoms with Crippen molar-refractivity contribution in [1.29, 1.82) is 0 Å². The maximum absolute atomic E-state index is 12.9. The smallest absolute Gasteiger partial charge is 0.248 e. The maximum Gasteiger partial charge on any atom is 0.248 e. The fourth-order valence-electron chi connectivity index (χ4n) is 3.88. The minimum absolute atomic E-state index is 0.180. The molecule has 0 atom stereocenters. The molecule has 11 heteroatoms. The van der Waals surface area contributed by atoms with E-state index in [1.54, 1.807) is 24.6 Å². The van der Waals surface area contributed by atoms with Crippen LogP contribution in [0.4, 0.5) is 0 Å². The van der Waals surface area contributed by atoms with E-state index in [1.165, 1.54) is 10.6 Å². The summed E-state index contributed by atoms with van der Waals surface area (Å²) in [6, 6.07) is 3.74. The van der Waals surface area contributed by atoms with E-state index in [9.17, 15) is 8.42 Å². The van der Waals surface area contributed by atoms with E-state index in [0.717, 1.165) is 11.4 Å². The van der Waals surface area contributed by atoms with Crippen LogP contribution in [0, 0.1) is 33.6 Å². The van der Waals surface area contributed by atoms with Crippen molar-refractivity contribution in [2.75, 3.05) is 19.7 Å². The summed E-state index contributed by atoms with van der Waals surface area (Å²) in [6.07, 6.45) is 2.87. The molecular formula is C20H26N6O4S. The van der Waals surface area contributed by atoms with Gasteiger partial charge in [-0.1, -0.05) is 5.16 Å². The van der Waals surface area contributed by atoms with Crippen LogP contribution in [-0.2, 0) is 10.0 Å². The van der Waals surface area contributed by atoms with Gasteiger partial charge in [0.2, 0.25) is 15.9 Å². The summed E-state index contributed by atoms with van der Waals surface area (Å²) in [5.41, 5.74) is 2.29. The molecule has 166 valence electrons. The second-order valence-electron chi connectivity index (χ2n) is 7.87. The third kappa shape index (κ3) is 4.33. The molecule has 0 unspecified atom stereocenters. The van der Waals surface area contributed by atoms with Gasteiger partial charge in [-0.15, -0.1) is 0 Å². The van der Waals surface area contributed by atoms with Gasteiger partial charge in [0.1, 0.15) is 16.9 Å². The molecule has 0 aliphatic carbocycles. The monoisotopic (exact) mass is 446 g/mol. The van der Waals surface area contributed by atoms with Crippen LogP contribution in [0.1, 0.15) is 35.7 Å². The van der Waals surface area contributed by atoms with Crippen molar-refractivity contribution < 1.29 is 17.7 Å². The van der Waals surface area contributed by atoms with E-state index in [4.69, 9.17) is 9.26 Å². The van der Waals surface area contributed by atoms with Gasteiger partial charge in [-0.2, -0.15) is 9.40 Å². The zero-order valence-electron chi connectivity index (χ0n) is 18.1. The Morgan fingerprint density at radius 2 is 1.87 bits per heavy atom. The van der Waals surface area contributed by atoms with Gasteiger partial charge in [0.15, 0.2) is 11.6 Å². The first-order valence-electron chi connectivity index (χ1n) is 10.2. The number of hydrogen-bond acceptors (Lipinski definition) is 8. The first-order valence-corrected chi connectivity index (χ1v) is 11.6. The largest absolute Gasteiger partial charge is 0.477 e. The summed E-state index contributed by atoms with van der Waals surface area (Å²) in [5, 5.41) is 8.21. The van der Waals surface area contributed by atoms with E-state index >= 15 is 0 Å². The van der Waals surface area contributed by atoms with Gasteiger partial charge in [0, 0.05) is 24.8 Å². The number of aromatic nitrogens is 5. The lowest BCUT2D eigenvalue weighted by atomic mass is 9.99. The third-order valence-electron chi connectivity index (χ3n) is 5.46. The van der Waals surface area contributed by atoms with Crippen LogP contribution in [0.5, 0.6) is 5.88 Å². The Bertz CT molecular complexity index is 1160. The van der Waals surface area contributed by atoms with Crippen LogP contribution in [0.2, 0.25) is 0 Å².